The molecule has 1 amide bonds. The highest BCUT2D eigenvalue weighted by molar-refractivity contribution is 5.94. The Kier molecular flexibility index (Phi) is 18.5. The molecule has 7 rings (SSSR count). The molecule has 2 aromatic carbocycles. The maximum Gasteiger partial charge on any atom is 0.406 e. The molecule has 1 fully saturated rings. The van der Waals surface area contributed by atoms with Crippen molar-refractivity contribution in [3.8, 4) is 34.6 Å². The lowest BCUT2D eigenvalue weighted by Crippen LogP contribution is -2.46. The summed E-state index contributed by atoms with van der Waals surface area (Å²) in [7, 11) is 1.86. The van der Waals surface area contributed by atoms with Gasteiger partial charge in [0.2, 0.25) is 5.88 Å². The SMILES string of the molecule is Cc1noc(C)c1-c1ccc(=O)n(Cc2ccnc(OCC(=O)NCCOCCOCCOCCOc3ccc(NCC#Cc4cc5c(N[C@@H]6CCN(C)C[C@@H]6F)cccc5n4CC(F)(F)F)cc3)c2)c1. The fourth-order valence-corrected chi connectivity index (χ4v) is 7.97. The summed E-state index contributed by atoms with van der Waals surface area (Å²) in [6.45, 7) is 6.34. The summed E-state index contributed by atoms with van der Waals surface area (Å²) >= 11 is 0. The molecule has 0 bridgehead atoms. The molecule has 0 spiro atoms. The maximum absolute atomic E-state index is 14.8. The normalized spacial score (nSPS) is 15.0. The van der Waals surface area contributed by atoms with Gasteiger partial charge in [0.1, 0.15) is 30.8 Å². The molecule has 1 saturated heterocycles. The summed E-state index contributed by atoms with van der Waals surface area (Å²) in [5, 5.41) is 13.7. The van der Waals surface area contributed by atoms with Crippen molar-refractivity contribution in [1.82, 2.24) is 29.5 Å². The maximum atomic E-state index is 14.8. The highest BCUT2D eigenvalue weighted by Gasteiger charge is 2.31. The Morgan fingerprint density at radius 1 is 0.930 bits per heavy atom. The second-order valence-corrected chi connectivity index (χ2v) is 16.9. The lowest BCUT2D eigenvalue weighted by atomic mass is 10.0. The summed E-state index contributed by atoms with van der Waals surface area (Å²) in [6.07, 6.45) is -1.67. The Bertz CT molecular complexity index is 2780. The number of fused-ring (bicyclic) bond motifs is 1. The number of pyridine rings is 2. The van der Waals surface area contributed by atoms with E-state index in [0.29, 0.717) is 74.2 Å². The zero-order valence-corrected chi connectivity index (χ0v) is 39.9. The van der Waals surface area contributed by atoms with Crippen molar-refractivity contribution in [2.45, 2.75) is 51.7 Å². The standard InChI is InChI=1S/C51H58F4N8O8/c1-35-50(36(2)71-60-35)38-9-14-49(65)62(31-38)30-37-15-18-58-48(28-37)70-33-47(64)57-19-21-66-22-23-67-24-25-68-26-27-69-41-12-10-39(11-13-41)56-17-5-6-40-29-42-44(59-45-16-20-61(3)32-43(45)52)7-4-8-46(42)63(40)34-51(53,54)55/h4,7-15,18,28-29,31,43,45,56,59H,16-17,19-27,30,32-34H2,1-3H3,(H,57,64)/t43-,45+/m0/s1. The van der Waals surface area contributed by atoms with E-state index in [1.165, 1.54) is 6.07 Å². The van der Waals surface area contributed by atoms with Gasteiger partial charge in [-0.15, -0.1) is 0 Å². The van der Waals surface area contributed by atoms with Crippen LogP contribution in [0.5, 0.6) is 11.6 Å². The van der Waals surface area contributed by atoms with Crippen molar-refractivity contribution in [2.75, 3.05) is 96.7 Å². The molecule has 0 radical (unpaired) electrons. The van der Waals surface area contributed by atoms with Gasteiger partial charge in [-0.25, -0.2) is 9.37 Å². The van der Waals surface area contributed by atoms with Crippen LogP contribution in [-0.2, 0) is 32.1 Å². The number of aromatic nitrogens is 4. The molecule has 0 saturated carbocycles. The van der Waals surface area contributed by atoms with Crippen LogP contribution in [0.15, 0.2) is 94.5 Å². The summed E-state index contributed by atoms with van der Waals surface area (Å²) in [6, 6.07) is 20.1. The number of ether oxygens (including phenoxy) is 5. The summed E-state index contributed by atoms with van der Waals surface area (Å²) in [5.74, 6) is 7.06. The molecule has 1 aliphatic rings. The molecule has 16 nitrogen and oxygen atoms in total. The molecule has 3 N–H and O–H groups in total. The number of benzene rings is 2. The predicted molar refractivity (Wildman–Crippen MR) is 260 cm³/mol. The summed E-state index contributed by atoms with van der Waals surface area (Å²) < 4.78 is 91.9. The average Bonchev–Trinajstić information content (AvgIpc) is 3.87. The fraction of sp³-hybridized carbons (Fsp3) is 0.412. The first-order valence-corrected chi connectivity index (χ1v) is 23.2. The van der Waals surface area contributed by atoms with Crippen LogP contribution in [0, 0.1) is 25.7 Å². The van der Waals surface area contributed by atoms with Crippen molar-refractivity contribution in [3.63, 3.8) is 0 Å². The van der Waals surface area contributed by atoms with Crippen LogP contribution in [0.2, 0.25) is 0 Å². The topological polar surface area (TPSA) is 168 Å². The van der Waals surface area contributed by atoms with Crippen molar-refractivity contribution >= 4 is 28.2 Å². The first kappa shape index (κ1) is 51.9. The second-order valence-electron chi connectivity index (χ2n) is 16.9. The number of anilines is 2. The molecule has 378 valence electrons. The molecular weight excluding hydrogens is 929 g/mol. The Balaban J connectivity index is 0.718. The average molecular weight is 987 g/mol. The number of rotatable bonds is 24. The molecule has 2 atom stereocenters. The Hall–Kier alpha value is -6.92. The number of piperidine rings is 1. The van der Waals surface area contributed by atoms with E-state index < -0.39 is 24.9 Å². The van der Waals surface area contributed by atoms with E-state index in [4.69, 9.17) is 28.2 Å². The molecule has 5 heterocycles. The van der Waals surface area contributed by atoms with Gasteiger partial charge in [-0.05, 0) is 93.4 Å². The van der Waals surface area contributed by atoms with Crippen LogP contribution in [0.4, 0.5) is 28.9 Å². The molecule has 0 aliphatic carbocycles. The predicted octanol–water partition coefficient (Wildman–Crippen LogP) is 6.62. The van der Waals surface area contributed by atoms with Crippen LogP contribution in [0.3, 0.4) is 0 Å². The van der Waals surface area contributed by atoms with E-state index in [2.05, 4.69) is 37.9 Å². The molecule has 20 heteroatoms. The fourth-order valence-electron chi connectivity index (χ4n) is 7.97. The first-order chi connectivity index (χ1) is 34.3. The van der Waals surface area contributed by atoms with E-state index in [1.54, 1.807) is 71.6 Å². The number of hydrogen-bond donors (Lipinski definition) is 3. The highest BCUT2D eigenvalue weighted by atomic mass is 19.4. The quantitative estimate of drug-likeness (QED) is 0.0337. The Morgan fingerprint density at radius 2 is 1.69 bits per heavy atom. The van der Waals surface area contributed by atoms with Gasteiger partial charge in [0, 0.05) is 72.0 Å². The van der Waals surface area contributed by atoms with Crippen LogP contribution >= 0.6 is 0 Å². The number of nitrogens with one attached hydrogen (secondary N) is 3. The van der Waals surface area contributed by atoms with Gasteiger partial charge < -0.3 is 58.2 Å². The highest BCUT2D eigenvalue weighted by Crippen LogP contribution is 2.32. The Morgan fingerprint density at radius 3 is 2.42 bits per heavy atom. The monoisotopic (exact) mass is 986 g/mol. The van der Waals surface area contributed by atoms with Crippen molar-refractivity contribution in [2.24, 2.45) is 0 Å². The molecule has 4 aromatic heterocycles. The minimum absolute atomic E-state index is 0.174. The van der Waals surface area contributed by atoms with E-state index >= 15 is 0 Å². The number of carbonyl (C=O) groups is 1. The van der Waals surface area contributed by atoms with E-state index in [0.717, 1.165) is 39.2 Å². The van der Waals surface area contributed by atoms with E-state index in [1.807, 2.05) is 37.9 Å². The molecular formula is C51H58F4N8O8. The minimum atomic E-state index is -4.47. The molecule has 71 heavy (non-hydrogen) atoms. The van der Waals surface area contributed by atoms with Crippen molar-refractivity contribution in [1.29, 1.82) is 0 Å². The van der Waals surface area contributed by atoms with Crippen LogP contribution in [0.1, 0.15) is 29.1 Å². The van der Waals surface area contributed by atoms with Crippen molar-refractivity contribution in [3.05, 3.63) is 118 Å². The van der Waals surface area contributed by atoms with Gasteiger partial charge in [-0.2, -0.15) is 13.2 Å². The third kappa shape index (κ3) is 15.5. The molecule has 0 unspecified atom stereocenters. The largest absolute Gasteiger partial charge is 0.491 e. The zero-order chi connectivity index (χ0) is 50.2. The third-order valence-corrected chi connectivity index (χ3v) is 11.4. The van der Waals surface area contributed by atoms with E-state index in [9.17, 15) is 27.2 Å². The van der Waals surface area contributed by atoms with Gasteiger partial charge in [0.25, 0.3) is 11.5 Å². The van der Waals surface area contributed by atoms with Crippen molar-refractivity contribution < 1.29 is 50.6 Å². The number of aryl methyl sites for hydroxylation is 2. The number of nitrogens with zero attached hydrogens (tertiary/aromatic N) is 5. The van der Waals surface area contributed by atoms with Gasteiger partial charge in [0.15, 0.2) is 6.61 Å². The number of halogens is 4. The molecule has 1 aliphatic heterocycles. The van der Waals surface area contributed by atoms with Gasteiger partial charge >= 0.3 is 6.18 Å². The van der Waals surface area contributed by atoms with Gasteiger partial charge in [0.05, 0.1) is 75.7 Å². The van der Waals surface area contributed by atoms with Crippen LogP contribution < -0.4 is 31.0 Å². The van der Waals surface area contributed by atoms with Crippen LogP contribution in [0.25, 0.3) is 22.0 Å². The lowest BCUT2D eigenvalue weighted by molar-refractivity contribution is -0.140. The second kappa shape index (κ2) is 25.3. The number of alkyl halides is 4. The number of amides is 1. The van der Waals surface area contributed by atoms with Gasteiger partial charge in [-0.1, -0.05) is 17.1 Å². The van der Waals surface area contributed by atoms with Crippen LogP contribution in [-0.4, -0.2) is 135 Å². The van der Waals surface area contributed by atoms with Gasteiger partial charge in [-0.3, -0.25) is 9.59 Å². The third-order valence-electron chi connectivity index (χ3n) is 11.4. The smallest absolute Gasteiger partial charge is 0.406 e. The lowest BCUT2D eigenvalue weighted by Gasteiger charge is -2.33. The minimum Gasteiger partial charge on any atom is -0.491 e. The van der Waals surface area contributed by atoms with E-state index in [-0.39, 0.29) is 62.4 Å². The number of carbonyl (C=O) groups excluding carboxylic acids is 1. The summed E-state index contributed by atoms with van der Waals surface area (Å²) in [4.78, 5) is 31.1. The Labute approximate surface area is 408 Å². The number of likely N-dealkylation sites (tertiary alicyclic amines) is 1. The first-order valence-electron chi connectivity index (χ1n) is 23.2. The molecule has 6 aromatic rings. The zero-order valence-electron chi connectivity index (χ0n) is 39.9. The number of hydrogen-bond acceptors (Lipinski definition) is 13. The summed E-state index contributed by atoms with van der Waals surface area (Å²) in [5.41, 5.74) is 4.91.